The lowest BCUT2D eigenvalue weighted by atomic mass is 10.1. The Balaban J connectivity index is 1.35. The van der Waals surface area contributed by atoms with E-state index >= 15 is 0 Å². The fraction of sp³-hybridized carbons (Fsp3) is 0.320. The van der Waals surface area contributed by atoms with Crippen LogP contribution in [0.2, 0.25) is 0 Å². The van der Waals surface area contributed by atoms with Crippen LogP contribution in [0.1, 0.15) is 44.6 Å². The van der Waals surface area contributed by atoms with Crippen molar-refractivity contribution in [2.45, 2.75) is 32.7 Å². The average Bonchev–Trinajstić information content (AvgIpc) is 3.38. The van der Waals surface area contributed by atoms with E-state index in [0.717, 1.165) is 17.8 Å². The molecule has 0 unspecified atom stereocenters. The molecule has 0 saturated carbocycles. The first kappa shape index (κ1) is 23.7. The third-order valence-corrected chi connectivity index (χ3v) is 5.99. The fourth-order valence-electron chi connectivity index (χ4n) is 4.30. The highest BCUT2D eigenvalue weighted by Gasteiger charge is 2.43. The molecule has 188 valence electrons. The molecule has 2 aliphatic heterocycles. The van der Waals surface area contributed by atoms with Crippen LogP contribution in [0.3, 0.4) is 0 Å². The zero-order valence-electron chi connectivity index (χ0n) is 19.7. The molecule has 9 nitrogen and oxygen atoms in total. The van der Waals surface area contributed by atoms with Crippen molar-refractivity contribution in [3.05, 3.63) is 70.5 Å². The maximum Gasteiger partial charge on any atom is 0.586 e. The van der Waals surface area contributed by atoms with Gasteiger partial charge in [-0.1, -0.05) is 12.1 Å². The Hall–Kier alpha value is -3.99. The van der Waals surface area contributed by atoms with Crippen LogP contribution in [-0.4, -0.2) is 53.1 Å². The number of fused-ring (bicyclic) bond motifs is 2. The van der Waals surface area contributed by atoms with Gasteiger partial charge in [0.05, 0.1) is 18.0 Å². The van der Waals surface area contributed by atoms with Crippen LogP contribution in [-0.2, 0) is 24.2 Å². The number of ether oxygens (including phenoxy) is 3. The number of aromatic nitrogens is 2. The number of likely N-dealkylation sites (N-methyl/N-ethyl adjacent to an activating group) is 1. The molecule has 1 amide bonds. The van der Waals surface area contributed by atoms with Gasteiger partial charge in [-0.2, -0.15) is 5.10 Å². The zero-order valence-corrected chi connectivity index (χ0v) is 19.7. The number of carbonyl (C=O) groups is 2. The van der Waals surface area contributed by atoms with E-state index in [0.29, 0.717) is 29.8 Å². The van der Waals surface area contributed by atoms with E-state index in [1.54, 1.807) is 35.9 Å². The summed E-state index contributed by atoms with van der Waals surface area (Å²) in [5, 5.41) is 7.33. The standard InChI is InChI=1S/C25H24F2N4O5/c1-3-34-24(33)22-18-14-30(2)10-9-19(18)31(29-22)17-6-4-5-16(12-17)23(32)28-13-15-7-8-20-21(11-15)36-25(26,27)35-20/h4-8,11-12H,3,9-10,13-14H2,1-2H3,(H,28,32). The van der Waals surface area contributed by atoms with Crippen molar-refractivity contribution in [1.82, 2.24) is 20.0 Å². The van der Waals surface area contributed by atoms with Crippen LogP contribution in [0, 0.1) is 0 Å². The second kappa shape index (κ2) is 9.23. The maximum absolute atomic E-state index is 13.2. The number of benzene rings is 2. The molecule has 11 heteroatoms. The first-order valence-electron chi connectivity index (χ1n) is 11.5. The monoisotopic (exact) mass is 498 g/mol. The van der Waals surface area contributed by atoms with E-state index in [1.807, 2.05) is 13.1 Å². The summed E-state index contributed by atoms with van der Waals surface area (Å²) >= 11 is 0. The van der Waals surface area contributed by atoms with Gasteiger partial charge in [0.25, 0.3) is 5.91 Å². The molecule has 0 saturated heterocycles. The summed E-state index contributed by atoms with van der Waals surface area (Å²) in [6, 6.07) is 11.2. The predicted molar refractivity (Wildman–Crippen MR) is 123 cm³/mol. The van der Waals surface area contributed by atoms with E-state index in [2.05, 4.69) is 24.8 Å². The number of nitrogens with zero attached hydrogens (tertiary/aromatic N) is 3. The van der Waals surface area contributed by atoms with Crippen LogP contribution in [0.5, 0.6) is 11.5 Å². The van der Waals surface area contributed by atoms with Gasteiger partial charge < -0.3 is 24.4 Å². The fourth-order valence-corrected chi connectivity index (χ4v) is 4.30. The number of alkyl halides is 2. The van der Waals surface area contributed by atoms with Gasteiger partial charge in [0, 0.05) is 37.2 Å². The van der Waals surface area contributed by atoms with Gasteiger partial charge in [0.1, 0.15) is 0 Å². The second-order valence-electron chi connectivity index (χ2n) is 8.58. The lowest BCUT2D eigenvalue weighted by Crippen LogP contribution is -2.28. The van der Waals surface area contributed by atoms with Gasteiger partial charge in [-0.05, 0) is 49.9 Å². The molecule has 0 bridgehead atoms. The Labute approximate surface area is 205 Å². The largest absolute Gasteiger partial charge is 0.586 e. The summed E-state index contributed by atoms with van der Waals surface area (Å²) in [4.78, 5) is 27.5. The van der Waals surface area contributed by atoms with Crippen LogP contribution >= 0.6 is 0 Å². The third-order valence-electron chi connectivity index (χ3n) is 5.99. The first-order chi connectivity index (χ1) is 17.2. The van der Waals surface area contributed by atoms with Crippen molar-refractivity contribution in [2.24, 2.45) is 0 Å². The number of esters is 1. The minimum atomic E-state index is -3.70. The highest BCUT2D eigenvalue weighted by atomic mass is 19.3. The van der Waals surface area contributed by atoms with Crippen LogP contribution in [0.4, 0.5) is 8.78 Å². The summed E-state index contributed by atoms with van der Waals surface area (Å²) in [6.45, 7) is 3.47. The lowest BCUT2D eigenvalue weighted by Gasteiger charge is -2.23. The number of amides is 1. The quantitative estimate of drug-likeness (QED) is 0.521. The Morgan fingerprint density at radius 3 is 2.78 bits per heavy atom. The summed E-state index contributed by atoms with van der Waals surface area (Å²) in [5.74, 6) is -0.969. The van der Waals surface area contributed by atoms with Crippen molar-refractivity contribution in [1.29, 1.82) is 0 Å². The molecule has 5 rings (SSSR count). The molecular formula is C25H24F2N4O5. The highest BCUT2D eigenvalue weighted by Crippen LogP contribution is 2.41. The van der Waals surface area contributed by atoms with E-state index < -0.39 is 12.3 Å². The molecule has 0 aliphatic carbocycles. The van der Waals surface area contributed by atoms with Crippen molar-refractivity contribution in [3.8, 4) is 17.2 Å². The predicted octanol–water partition coefficient (Wildman–Crippen LogP) is 3.29. The number of hydrogen-bond donors (Lipinski definition) is 1. The van der Waals surface area contributed by atoms with E-state index in [-0.39, 0.29) is 36.3 Å². The number of rotatable bonds is 6. The summed E-state index contributed by atoms with van der Waals surface area (Å²) in [6.07, 6.45) is -3.00. The van der Waals surface area contributed by atoms with Gasteiger partial charge in [-0.15, -0.1) is 8.78 Å². The Morgan fingerprint density at radius 1 is 1.17 bits per heavy atom. The first-order valence-corrected chi connectivity index (χ1v) is 11.5. The molecule has 0 fully saturated rings. The lowest BCUT2D eigenvalue weighted by molar-refractivity contribution is -0.286. The van der Waals surface area contributed by atoms with Gasteiger partial charge in [0.15, 0.2) is 17.2 Å². The minimum absolute atomic E-state index is 0.0567. The van der Waals surface area contributed by atoms with Crippen molar-refractivity contribution < 1.29 is 32.6 Å². The normalized spacial score (nSPS) is 15.9. The molecular weight excluding hydrogens is 474 g/mol. The topological polar surface area (TPSA) is 94.9 Å². The molecule has 1 N–H and O–H groups in total. The van der Waals surface area contributed by atoms with Crippen molar-refractivity contribution >= 4 is 11.9 Å². The molecule has 0 spiro atoms. The van der Waals surface area contributed by atoms with Crippen LogP contribution < -0.4 is 14.8 Å². The highest BCUT2D eigenvalue weighted by molar-refractivity contribution is 5.94. The molecule has 0 atom stereocenters. The number of carbonyl (C=O) groups excluding carboxylic acids is 2. The van der Waals surface area contributed by atoms with Gasteiger partial charge >= 0.3 is 12.3 Å². The maximum atomic E-state index is 13.2. The SMILES string of the molecule is CCOC(=O)c1nn(-c2cccc(C(=O)NCc3ccc4c(c3)OC(F)(F)O4)c2)c2c1CN(C)CC2. The molecule has 2 aromatic carbocycles. The van der Waals surface area contributed by atoms with Crippen LogP contribution in [0.25, 0.3) is 5.69 Å². The average molecular weight is 498 g/mol. The Kier molecular flexibility index (Phi) is 6.09. The molecule has 36 heavy (non-hydrogen) atoms. The Morgan fingerprint density at radius 2 is 1.97 bits per heavy atom. The second-order valence-corrected chi connectivity index (χ2v) is 8.58. The van der Waals surface area contributed by atoms with Gasteiger partial charge in [0.2, 0.25) is 0 Å². The van der Waals surface area contributed by atoms with Crippen molar-refractivity contribution in [2.75, 3.05) is 20.2 Å². The summed E-state index contributed by atoms with van der Waals surface area (Å²) < 4.78 is 42.2. The molecule has 3 heterocycles. The molecule has 1 aromatic heterocycles. The summed E-state index contributed by atoms with van der Waals surface area (Å²) in [5.41, 5.74) is 3.61. The third kappa shape index (κ3) is 4.61. The minimum Gasteiger partial charge on any atom is -0.461 e. The summed E-state index contributed by atoms with van der Waals surface area (Å²) in [7, 11) is 1.98. The molecule has 3 aromatic rings. The van der Waals surface area contributed by atoms with Crippen LogP contribution in [0.15, 0.2) is 42.5 Å². The van der Waals surface area contributed by atoms with Crippen molar-refractivity contribution in [3.63, 3.8) is 0 Å². The van der Waals surface area contributed by atoms with E-state index in [1.165, 1.54) is 12.1 Å². The van der Waals surface area contributed by atoms with E-state index in [4.69, 9.17) is 4.74 Å². The zero-order chi connectivity index (χ0) is 25.4. The Bertz CT molecular complexity index is 1340. The molecule has 0 radical (unpaired) electrons. The molecule has 2 aliphatic rings. The number of hydrogen-bond acceptors (Lipinski definition) is 7. The van der Waals surface area contributed by atoms with Gasteiger partial charge in [-0.3, -0.25) is 4.79 Å². The number of nitrogens with one attached hydrogen (secondary N) is 1. The van der Waals surface area contributed by atoms with E-state index in [9.17, 15) is 18.4 Å². The van der Waals surface area contributed by atoms with Gasteiger partial charge in [-0.25, -0.2) is 9.48 Å². The number of halogens is 2. The smallest absolute Gasteiger partial charge is 0.461 e.